The summed E-state index contributed by atoms with van der Waals surface area (Å²) >= 11 is 9.41. The van der Waals surface area contributed by atoms with Crippen LogP contribution in [-0.2, 0) is 0 Å². The highest BCUT2D eigenvalue weighted by Gasteiger charge is 2.12. The number of benzene rings is 2. The molecule has 0 aliphatic rings. The van der Waals surface area contributed by atoms with E-state index in [1.54, 1.807) is 12.1 Å². The Kier molecular flexibility index (Phi) is 4.82. The molecule has 7 heteroatoms. The molecule has 2 rings (SSSR count). The van der Waals surface area contributed by atoms with E-state index in [2.05, 4.69) is 15.9 Å². The van der Waals surface area contributed by atoms with Crippen LogP contribution in [0.25, 0.3) is 0 Å². The molecule has 2 aromatic rings. The van der Waals surface area contributed by atoms with Crippen LogP contribution in [0.4, 0.5) is 5.69 Å². The van der Waals surface area contributed by atoms with Gasteiger partial charge in [0, 0.05) is 22.6 Å². The first-order valence-electron chi connectivity index (χ1n) is 6.05. The van der Waals surface area contributed by atoms with E-state index in [0.717, 1.165) is 10.0 Å². The van der Waals surface area contributed by atoms with Gasteiger partial charge in [-0.1, -0.05) is 33.6 Å². The lowest BCUT2D eigenvalue weighted by atomic mass is 10.1. The quantitative estimate of drug-likeness (QED) is 0.617. The van der Waals surface area contributed by atoms with Crippen LogP contribution in [0.5, 0.6) is 11.5 Å². The number of nitro benzene ring substituents is 1. The van der Waals surface area contributed by atoms with Crippen LogP contribution in [0.1, 0.15) is 18.5 Å². The van der Waals surface area contributed by atoms with E-state index in [-0.39, 0.29) is 16.8 Å². The third-order valence-corrected chi connectivity index (χ3v) is 3.80. The van der Waals surface area contributed by atoms with Crippen LogP contribution in [0, 0.1) is 10.1 Å². The maximum atomic E-state index is 10.7. The van der Waals surface area contributed by atoms with E-state index in [4.69, 9.17) is 22.1 Å². The van der Waals surface area contributed by atoms with Crippen LogP contribution < -0.4 is 10.5 Å². The molecular weight excluding hydrogens is 360 g/mol. The van der Waals surface area contributed by atoms with Crippen molar-refractivity contribution in [3.63, 3.8) is 0 Å². The summed E-state index contributed by atoms with van der Waals surface area (Å²) in [7, 11) is 0. The molecule has 2 N–H and O–H groups in total. The maximum absolute atomic E-state index is 10.7. The lowest BCUT2D eigenvalue weighted by Gasteiger charge is -2.12. The molecule has 0 amide bonds. The lowest BCUT2D eigenvalue weighted by Crippen LogP contribution is -2.05. The van der Waals surface area contributed by atoms with Gasteiger partial charge in [0.25, 0.3) is 5.69 Å². The Balaban J connectivity index is 2.26. The summed E-state index contributed by atoms with van der Waals surface area (Å²) in [6.07, 6.45) is 0. The fraction of sp³-hybridized carbons (Fsp3) is 0.143. The number of nitrogens with two attached hydrogens (primary N) is 1. The Morgan fingerprint density at radius 2 is 2.05 bits per heavy atom. The zero-order chi connectivity index (χ0) is 15.6. The summed E-state index contributed by atoms with van der Waals surface area (Å²) in [5, 5.41) is 10.8. The standard InChI is InChI=1S/C14H12BrClN2O3/c1-8(17)11-4-3-10(7-12(11)15)21-14-5-2-9(18(19)20)6-13(14)16/h2-8H,17H2,1H3. The third-order valence-electron chi connectivity index (χ3n) is 2.82. The molecule has 1 atom stereocenters. The second-order valence-corrected chi connectivity index (χ2v) is 5.71. The maximum Gasteiger partial charge on any atom is 0.271 e. The van der Waals surface area contributed by atoms with Gasteiger partial charge in [-0.2, -0.15) is 0 Å². The van der Waals surface area contributed by atoms with Gasteiger partial charge in [-0.05, 0) is 30.7 Å². The number of ether oxygens (including phenoxy) is 1. The topological polar surface area (TPSA) is 78.4 Å². The van der Waals surface area contributed by atoms with Crippen molar-refractivity contribution < 1.29 is 9.66 Å². The van der Waals surface area contributed by atoms with E-state index in [9.17, 15) is 10.1 Å². The summed E-state index contributed by atoms with van der Waals surface area (Å²) in [5.74, 6) is 0.907. The summed E-state index contributed by atoms with van der Waals surface area (Å²) in [4.78, 5) is 10.1. The molecule has 0 heterocycles. The molecule has 0 saturated carbocycles. The van der Waals surface area contributed by atoms with Crippen molar-refractivity contribution in [2.24, 2.45) is 5.73 Å². The van der Waals surface area contributed by atoms with E-state index in [1.165, 1.54) is 18.2 Å². The predicted molar refractivity (Wildman–Crippen MR) is 84.9 cm³/mol. The highest BCUT2D eigenvalue weighted by molar-refractivity contribution is 9.10. The van der Waals surface area contributed by atoms with Crippen molar-refractivity contribution in [2.75, 3.05) is 0 Å². The minimum Gasteiger partial charge on any atom is -0.456 e. The monoisotopic (exact) mass is 370 g/mol. The molecule has 0 spiro atoms. The molecule has 5 nitrogen and oxygen atoms in total. The van der Waals surface area contributed by atoms with Crippen molar-refractivity contribution in [1.82, 2.24) is 0 Å². The van der Waals surface area contributed by atoms with E-state index in [0.29, 0.717) is 11.5 Å². The molecule has 2 aromatic carbocycles. The minimum atomic E-state index is -0.510. The number of nitro groups is 1. The van der Waals surface area contributed by atoms with Gasteiger partial charge in [0.15, 0.2) is 0 Å². The van der Waals surface area contributed by atoms with Gasteiger partial charge in [0.2, 0.25) is 0 Å². The average molecular weight is 372 g/mol. The van der Waals surface area contributed by atoms with Gasteiger partial charge in [0.05, 0.1) is 9.95 Å². The van der Waals surface area contributed by atoms with Gasteiger partial charge >= 0.3 is 0 Å². The minimum absolute atomic E-state index is 0.0826. The van der Waals surface area contributed by atoms with Crippen molar-refractivity contribution in [3.8, 4) is 11.5 Å². The van der Waals surface area contributed by atoms with Gasteiger partial charge < -0.3 is 10.5 Å². The third kappa shape index (κ3) is 3.72. The number of non-ortho nitro benzene ring substituents is 1. The zero-order valence-corrected chi connectivity index (χ0v) is 13.4. The van der Waals surface area contributed by atoms with Crippen LogP contribution in [0.15, 0.2) is 40.9 Å². The molecule has 0 aliphatic heterocycles. The van der Waals surface area contributed by atoms with Crippen molar-refractivity contribution in [3.05, 3.63) is 61.6 Å². The Labute approximate surface area is 134 Å². The normalized spacial score (nSPS) is 12.0. The second-order valence-electron chi connectivity index (χ2n) is 4.45. The molecule has 0 aromatic heterocycles. The Hall–Kier alpha value is -1.63. The molecule has 0 aliphatic carbocycles. The fourth-order valence-corrected chi connectivity index (χ4v) is 2.69. The van der Waals surface area contributed by atoms with Gasteiger partial charge in [-0.15, -0.1) is 0 Å². The number of rotatable bonds is 4. The Morgan fingerprint density at radius 1 is 1.33 bits per heavy atom. The van der Waals surface area contributed by atoms with Crippen molar-refractivity contribution in [1.29, 1.82) is 0 Å². The molecule has 1 unspecified atom stereocenters. The van der Waals surface area contributed by atoms with E-state index >= 15 is 0 Å². The largest absolute Gasteiger partial charge is 0.456 e. The highest BCUT2D eigenvalue weighted by atomic mass is 79.9. The van der Waals surface area contributed by atoms with Crippen LogP contribution in [0.2, 0.25) is 5.02 Å². The first-order valence-corrected chi connectivity index (χ1v) is 7.22. The predicted octanol–water partition coefficient (Wildman–Crippen LogP) is 4.82. The smallest absolute Gasteiger partial charge is 0.271 e. The Morgan fingerprint density at radius 3 is 2.57 bits per heavy atom. The van der Waals surface area contributed by atoms with Gasteiger partial charge in [-0.25, -0.2) is 0 Å². The second kappa shape index (κ2) is 6.43. The molecule has 0 saturated heterocycles. The summed E-state index contributed by atoms with van der Waals surface area (Å²) in [6.45, 7) is 1.88. The van der Waals surface area contributed by atoms with Gasteiger partial charge in [-0.3, -0.25) is 10.1 Å². The first kappa shape index (κ1) is 15.8. The molecule has 0 fully saturated rings. The number of nitrogens with zero attached hydrogens (tertiary/aromatic N) is 1. The molecular formula is C14H12BrClN2O3. The van der Waals surface area contributed by atoms with Crippen LogP contribution >= 0.6 is 27.5 Å². The average Bonchev–Trinajstić information content (AvgIpc) is 2.40. The van der Waals surface area contributed by atoms with Crippen molar-refractivity contribution >= 4 is 33.2 Å². The molecule has 21 heavy (non-hydrogen) atoms. The van der Waals surface area contributed by atoms with Crippen molar-refractivity contribution in [2.45, 2.75) is 13.0 Å². The molecule has 110 valence electrons. The summed E-state index contributed by atoms with van der Waals surface area (Å²) < 4.78 is 6.46. The van der Waals surface area contributed by atoms with E-state index < -0.39 is 4.92 Å². The van der Waals surface area contributed by atoms with Crippen LogP contribution in [-0.4, -0.2) is 4.92 Å². The Bertz CT molecular complexity index is 692. The number of hydrogen-bond donors (Lipinski definition) is 1. The molecule has 0 radical (unpaired) electrons. The lowest BCUT2D eigenvalue weighted by molar-refractivity contribution is -0.384. The summed E-state index contributed by atoms with van der Waals surface area (Å²) in [6, 6.07) is 9.35. The zero-order valence-electron chi connectivity index (χ0n) is 11.0. The van der Waals surface area contributed by atoms with E-state index in [1.807, 2.05) is 13.0 Å². The number of hydrogen-bond acceptors (Lipinski definition) is 4. The first-order chi connectivity index (χ1) is 9.88. The number of halogens is 2. The highest BCUT2D eigenvalue weighted by Crippen LogP contribution is 2.34. The molecule has 0 bridgehead atoms. The van der Waals surface area contributed by atoms with Crippen LogP contribution in [0.3, 0.4) is 0 Å². The SMILES string of the molecule is CC(N)c1ccc(Oc2ccc([N+](=O)[O-])cc2Cl)cc1Br. The fourth-order valence-electron chi connectivity index (χ4n) is 1.75. The van der Waals surface area contributed by atoms with Gasteiger partial charge in [0.1, 0.15) is 11.5 Å². The summed E-state index contributed by atoms with van der Waals surface area (Å²) in [5.41, 5.74) is 6.70.